The number of hydrogen-bond donors (Lipinski definition) is 1. The van der Waals surface area contributed by atoms with Crippen LogP contribution in [-0.4, -0.2) is 21.0 Å². The number of carbonyl (C=O) groups is 1. The Morgan fingerprint density at radius 2 is 1.82 bits per heavy atom. The number of rotatable bonds is 4. The van der Waals surface area contributed by atoms with Gasteiger partial charge in [0, 0.05) is 32.8 Å². The van der Waals surface area contributed by atoms with Gasteiger partial charge >= 0.3 is 0 Å². The van der Waals surface area contributed by atoms with Crippen molar-refractivity contribution in [2.24, 2.45) is 0 Å². The molecule has 0 aliphatic carbocycles. The van der Waals surface area contributed by atoms with Crippen LogP contribution in [0.4, 0.5) is 10.8 Å². The molecule has 0 aliphatic rings. The van der Waals surface area contributed by atoms with E-state index in [1.54, 1.807) is 30.3 Å². The lowest BCUT2D eigenvalue weighted by atomic mass is 10.2. The smallest absolute Gasteiger partial charge is 0.269 e. The monoisotopic (exact) mass is 450 g/mol. The maximum absolute atomic E-state index is 12.6. The fraction of sp³-hybridized carbons (Fsp3) is 0. The Kier molecular flexibility index (Phi) is 4.98. The van der Waals surface area contributed by atoms with Crippen LogP contribution >= 0.6 is 45.9 Å². The largest absolute Gasteiger partial charge is 0.296 e. The van der Waals surface area contributed by atoms with Crippen LogP contribution in [0.1, 0.15) is 9.67 Å². The van der Waals surface area contributed by atoms with E-state index in [1.807, 2.05) is 0 Å². The van der Waals surface area contributed by atoms with Gasteiger partial charge in [0.05, 0.1) is 9.95 Å². The Labute approximate surface area is 175 Å². The first kappa shape index (κ1) is 18.8. The Balaban J connectivity index is 1.56. The van der Waals surface area contributed by atoms with Gasteiger partial charge in [0.1, 0.15) is 9.88 Å². The third-order valence-corrected chi connectivity index (χ3v) is 6.55. The molecule has 0 spiro atoms. The van der Waals surface area contributed by atoms with E-state index in [9.17, 15) is 14.9 Å². The van der Waals surface area contributed by atoms with Gasteiger partial charge in [0.25, 0.3) is 11.6 Å². The molecule has 0 saturated carbocycles. The quantitative estimate of drug-likeness (QED) is 0.308. The number of aromatic nitrogens is 2. The van der Waals surface area contributed by atoms with E-state index in [0.29, 0.717) is 30.6 Å². The molecule has 2 aromatic carbocycles. The maximum atomic E-state index is 12.6. The lowest BCUT2D eigenvalue weighted by Crippen LogP contribution is -2.10. The molecule has 0 atom stereocenters. The molecule has 2 heterocycles. The maximum Gasteiger partial charge on any atom is 0.269 e. The number of nitrogens with zero attached hydrogens (tertiary/aromatic N) is 3. The van der Waals surface area contributed by atoms with Crippen LogP contribution in [0.5, 0.6) is 0 Å². The topological polar surface area (TPSA) is 98.0 Å². The van der Waals surface area contributed by atoms with Crippen molar-refractivity contribution in [2.45, 2.75) is 0 Å². The van der Waals surface area contributed by atoms with Crippen LogP contribution in [-0.2, 0) is 0 Å². The second-order valence-corrected chi connectivity index (χ2v) is 8.40. The van der Waals surface area contributed by atoms with Crippen molar-refractivity contribution in [3.8, 4) is 10.6 Å². The van der Waals surface area contributed by atoms with Crippen LogP contribution in [0.25, 0.3) is 20.7 Å². The van der Waals surface area contributed by atoms with Gasteiger partial charge in [-0.1, -0.05) is 40.6 Å². The molecule has 7 nitrogen and oxygen atoms in total. The van der Waals surface area contributed by atoms with Gasteiger partial charge in [-0.15, -0.1) is 21.5 Å². The Bertz CT molecular complexity index is 1220. The molecular formula is C17H8Cl2N4O3S2. The van der Waals surface area contributed by atoms with Crippen molar-refractivity contribution in [1.82, 2.24) is 10.2 Å². The summed E-state index contributed by atoms with van der Waals surface area (Å²) >= 11 is 14.7. The van der Waals surface area contributed by atoms with Gasteiger partial charge < -0.3 is 0 Å². The van der Waals surface area contributed by atoms with Crippen molar-refractivity contribution in [3.05, 3.63) is 67.5 Å². The van der Waals surface area contributed by atoms with Gasteiger partial charge in [-0.05, 0) is 24.3 Å². The zero-order valence-electron chi connectivity index (χ0n) is 13.7. The third-order valence-electron chi connectivity index (χ3n) is 3.77. The van der Waals surface area contributed by atoms with E-state index in [-0.39, 0.29) is 5.69 Å². The molecular weight excluding hydrogens is 443 g/mol. The fourth-order valence-corrected chi connectivity index (χ4v) is 4.89. The third kappa shape index (κ3) is 3.57. The number of halogens is 2. The van der Waals surface area contributed by atoms with E-state index in [1.165, 1.54) is 23.5 Å². The van der Waals surface area contributed by atoms with E-state index >= 15 is 0 Å². The second kappa shape index (κ2) is 7.44. The van der Waals surface area contributed by atoms with Crippen molar-refractivity contribution in [3.63, 3.8) is 0 Å². The van der Waals surface area contributed by atoms with E-state index in [4.69, 9.17) is 23.2 Å². The highest BCUT2D eigenvalue weighted by Crippen LogP contribution is 2.37. The summed E-state index contributed by atoms with van der Waals surface area (Å²) in [7, 11) is 0. The molecule has 28 heavy (non-hydrogen) atoms. The number of non-ortho nitro benzene ring substituents is 1. The van der Waals surface area contributed by atoms with E-state index in [2.05, 4.69) is 15.5 Å². The molecule has 140 valence electrons. The first-order valence-corrected chi connectivity index (χ1v) is 10.1. The minimum Gasteiger partial charge on any atom is -0.296 e. The highest BCUT2D eigenvalue weighted by Gasteiger charge is 2.19. The van der Waals surface area contributed by atoms with Crippen molar-refractivity contribution in [1.29, 1.82) is 0 Å². The van der Waals surface area contributed by atoms with Gasteiger partial charge in [-0.3, -0.25) is 20.2 Å². The number of hydrogen-bond acceptors (Lipinski definition) is 7. The normalized spacial score (nSPS) is 10.9. The molecule has 0 fully saturated rings. The predicted octanol–water partition coefficient (Wildman–Crippen LogP) is 5.89. The minimum atomic E-state index is -0.475. The van der Waals surface area contributed by atoms with Crippen LogP contribution in [0, 0.1) is 10.1 Å². The molecule has 4 aromatic rings. The number of nitro groups is 1. The summed E-state index contributed by atoms with van der Waals surface area (Å²) in [5.74, 6) is -0.395. The molecule has 0 bridgehead atoms. The number of amides is 1. The minimum absolute atomic E-state index is 0.0127. The molecule has 0 saturated heterocycles. The Hall–Kier alpha value is -2.59. The van der Waals surface area contributed by atoms with Crippen molar-refractivity contribution in [2.75, 3.05) is 5.32 Å². The van der Waals surface area contributed by atoms with Crippen molar-refractivity contribution >= 4 is 72.7 Å². The molecule has 2 aromatic heterocycles. The van der Waals surface area contributed by atoms with Crippen molar-refractivity contribution < 1.29 is 9.72 Å². The van der Waals surface area contributed by atoms with E-state index < -0.39 is 10.8 Å². The van der Waals surface area contributed by atoms with Gasteiger partial charge in [0.15, 0.2) is 0 Å². The molecule has 0 radical (unpaired) electrons. The number of nitro benzene ring substituents is 1. The fourth-order valence-electron chi connectivity index (χ4n) is 2.46. The van der Waals surface area contributed by atoms with Crippen LogP contribution in [0.2, 0.25) is 10.0 Å². The Morgan fingerprint density at radius 1 is 1.07 bits per heavy atom. The highest BCUT2D eigenvalue weighted by atomic mass is 35.5. The molecule has 11 heteroatoms. The summed E-state index contributed by atoms with van der Waals surface area (Å²) in [6, 6.07) is 11.2. The first-order valence-electron chi connectivity index (χ1n) is 7.69. The summed E-state index contributed by atoms with van der Waals surface area (Å²) in [4.78, 5) is 23.2. The van der Waals surface area contributed by atoms with Gasteiger partial charge in [0.2, 0.25) is 5.13 Å². The summed E-state index contributed by atoms with van der Waals surface area (Å²) in [6.45, 7) is 0. The standard InChI is InChI=1S/C17H8Cl2N4O3S2/c18-9-3-6-11-12(7-9)27-14(13(11)19)15(24)20-17-22-21-16(28-17)8-1-4-10(5-2-8)23(25)26/h1-7H,(H,20,22,24). The zero-order chi connectivity index (χ0) is 19.8. The Morgan fingerprint density at radius 3 is 2.54 bits per heavy atom. The molecule has 0 unspecified atom stereocenters. The average molecular weight is 451 g/mol. The lowest BCUT2D eigenvalue weighted by molar-refractivity contribution is -0.384. The second-order valence-electron chi connectivity index (χ2n) is 5.56. The molecule has 1 N–H and O–H groups in total. The molecule has 4 rings (SSSR count). The number of fused-ring (bicyclic) bond motifs is 1. The van der Waals surface area contributed by atoms with Gasteiger partial charge in [-0.2, -0.15) is 0 Å². The molecule has 0 aliphatic heterocycles. The first-order chi connectivity index (χ1) is 13.4. The number of benzene rings is 2. The summed E-state index contributed by atoms with van der Waals surface area (Å²) in [5, 5.41) is 23.9. The van der Waals surface area contributed by atoms with Crippen LogP contribution in [0.3, 0.4) is 0 Å². The SMILES string of the molecule is O=C(Nc1nnc(-c2ccc([N+](=O)[O-])cc2)s1)c1sc2cc(Cl)ccc2c1Cl. The number of thiophene rings is 1. The van der Waals surface area contributed by atoms with E-state index in [0.717, 1.165) is 21.4 Å². The summed E-state index contributed by atoms with van der Waals surface area (Å²) in [6.07, 6.45) is 0. The van der Waals surface area contributed by atoms with Gasteiger partial charge in [-0.25, -0.2) is 0 Å². The lowest BCUT2D eigenvalue weighted by Gasteiger charge is -1.98. The van der Waals surface area contributed by atoms with Crippen LogP contribution in [0.15, 0.2) is 42.5 Å². The number of carbonyl (C=O) groups excluding carboxylic acids is 1. The summed E-state index contributed by atoms with van der Waals surface area (Å²) in [5.41, 5.74) is 0.652. The highest BCUT2D eigenvalue weighted by molar-refractivity contribution is 7.22. The number of anilines is 1. The number of nitrogens with one attached hydrogen (secondary N) is 1. The molecule has 1 amide bonds. The van der Waals surface area contributed by atoms with Crippen LogP contribution < -0.4 is 5.32 Å². The average Bonchev–Trinajstić information content (AvgIpc) is 3.26. The summed E-state index contributed by atoms with van der Waals surface area (Å²) < 4.78 is 0.812. The predicted molar refractivity (Wildman–Crippen MR) is 112 cm³/mol. The zero-order valence-corrected chi connectivity index (χ0v) is 16.8.